The largest absolute Gasteiger partial charge is 0.496 e. The molecule has 2 rings (SSSR count). The first-order valence-corrected chi connectivity index (χ1v) is 9.26. The Morgan fingerprint density at radius 2 is 1.78 bits per heavy atom. The first kappa shape index (κ1) is 20.6. The van der Waals surface area contributed by atoms with Crippen molar-refractivity contribution in [2.45, 2.75) is 33.6 Å². The summed E-state index contributed by atoms with van der Waals surface area (Å²) in [6.07, 6.45) is 0.0507. The second kappa shape index (κ2) is 8.81. The molecule has 0 radical (unpaired) electrons. The van der Waals surface area contributed by atoms with Crippen molar-refractivity contribution >= 4 is 34.0 Å². The van der Waals surface area contributed by atoms with E-state index in [1.54, 1.807) is 19.1 Å². The number of aryl methyl sites for hydroxylation is 2. The van der Waals surface area contributed by atoms with E-state index in [2.05, 4.69) is 5.32 Å². The van der Waals surface area contributed by atoms with Crippen LogP contribution in [0.5, 0.6) is 5.75 Å². The van der Waals surface area contributed by atoms with Crippen molar-refractivity contribution in [2.24, 2.45) is 0 Å². The number of methoxy groups -OCH3 is 2. The summed E-state index contributed by atoms with van der Waals surface area (Å²) in [5.41, 5.74) is 2.54. The molecule has 0 saturated heterocycles. The Kier molecular flexibility index (Phi) is 6.74. The van der Waals surface area contributed by atoms with E-state index in [0.29, 0.717) is 21.9 Å². The zero-order valence-electron chi connectivity index (χ0n) is 16.1. The number of hydrogen-bond donors (Lipinski definition) is 1. The van der Waals surface area contributed by atoms with Crippen LogP contribution in [0.1, 0.15) is 49.6 Å². The zero-order chi connectivity index (χ0) is 20.1. The lowest BCUT2D eigenvalue weighted by Gasteiger charge is -2.09. The molecule has 2 aromatic rings. The summed E-state index contributed by atoms with van der Waals surface area (Å²) in [6.45, 7) is 5.57. The van der Waals surface area contributed by atoms with Crippen molar-refractivity contribution in [3.8, 4) is 5.75 Å². The SMILES string of the molecule is COC(=O)c1c(NC(=O)CCC(=O)c2cc(C)ccc2OC)sc(C)c1C. The highest BCUT2D eigenvalue weighted by atomic mass is 32.1. The minimum Gasteiger partial charge on any atom is -0.496 e. The third-order valence-electron chi connectivity index (χ3n) is 4.26. The molecular formula is C20H23NO5S. The second-order valence-corrected chi connectivity index (χ2v) is 7.38. The molecule has 1 aromatic heterocycles. The van der Waals surface area contributed by atoms with Gasteiger partial charge < -0.3 is 14.8 Å². The van der Waals surface area contributed by atoms with E-state index in [9.17, 15) is 14.4 Å². The smallest absolute Gasteiger partial charge is 0.341 e. The first-order chi connectivity index (χ1) is 12.8. The number of Topliss-reactive ketones (excluding diaryl/α,β-unsaturated/α-hetero) is 1. The van der Waals surface area contributed by atoms with Crippen molar-refractivity contribution in [1.82, 2.24) is 0 Å². The normalized spacial score (nSPS) is 10.4. The Hall–Kier alpha value is -2.67. The summed E-state index contributed by atoms with van der Waals surface area (Å²) in [7, 11) is 2.80. The van der Waals surface area contributed by atoms with Crippen molar-refractivity contribution < 1.29 is 23.9 Å². The van der Waals surface area contributed by atoms with Crippen LogP contribution in [0.2, 0.25) is 0 Å². The Morgan fingerprint density at radius 1 is 1.07 bits per heavy atom. The Morgan fingerprint density at radius 3 is 2.41 bits per heavy atom. The lowest BCUT2D eigenvalue weighted by atomic mass is 10.0. The molecule has 0 spiro atoms. The van der Waals surface area contributed by atoms with E-state index in [1.807, 2.05) is 19.9 Å². The third-order valence-corrected chi connectivity index (χ3v) is 5.38. The molecule has 0 atom stereocenters. The molecule has 1 heterocycles. The fraction of sp³-hybridized carbons (Fsp3) is 0.350. The summed E-state index contributed by atoms with van der Waals surface area (Å²) in [5, 5.41) is 3.18. The van der Waals surface area contributed by atoms with Gasteiger partial charge in [-0.3, -0.25) is 9.59 Å². The van der Waals surface area contributed by atoms with Gasteiger partial charge in [0.15, 0.2) is 5.78 Å². The highest BCUT2D eigenvalue weighted by molar-refractivity contribution is 7.16. The molecule has 0 aliphatic rings. The van der Waals surface area contributed by atoms with Gasteiger partial charge >= 0.3 is 5.97 Å². The van der Waals surface area contributed by atoms with E-state index in [0.717, 1.165) is 16.0 Å². The Labute approximate surface area is 162 Å². The molecule has 0 fully saturated rings. The number of carbonyl (C=O) groups excluding carboxylic acids is 3. The van der Waals surface area contributed by atoms with Crippen LogP contribution in [0, 0.1) is 20.8 Å². The summed E-state index contributed by atoms with van der Waals surface area (Å²) >= 11 is 1.31. The monoisotopic (exact) mass is 389 g/mol. The van der Waals surface area contributed by atoms with Crippen LogP contribution in [0.3, 0.4) is 0 Å². The quantitative estimate of drug-likeness (QED) is 0.570. The van der Waals surface area contributed by atoms with Crippen molar-refractivity contribution in [2.75, 3.05) is 19.5 Å². The number of benzene rings is 1. The zero-order valence-corrected chi connectivity index (χ0v) is 16.9. The molecule has 27 heavy (non-hydrogen) atoms. The maximum atomic E-state index is 12.5. The molecular weight excluding hydrogens is 366 g/mol. The van der Waals surface area contributed by atoms with E-state index >= 15 is 0 Å². The number of rotatable bonds is 7. The first-order valence-electron chi connectivity index (χ1n) is 8.44. The van der Waals surface area contributed by atoms with Crippen molar-refractivity contribution in [1.29, 1.82) is 0 Å². The Bertz CT molecular complexity index is 885. The van der Waals surface area contributed by atoms with Crippen LogP contribution in [-0.4, -0.2) is 31.9 Å². The van der Waals surface area contributed by atoms with Gasteiger partial charge in [0, 0.05) is 17.7 Å². The molecule has 0 saturated carbocycles. The summed E-state index contributed by atoms with van der Waals surface area (Å²) in [5.74, 6) is -0.505. The van der Waals surface area contributed by atoms with Gasteiger partial charge in [-0.25, -0.2) is 4.79 Å². The molecule has 1 N–H and O–H groups in total. The van der Waals surface area contributed by atoms with Gasteiger partial charge in [0.25, 0.3) is 0 Å². The van der Waals surface area contributed by atoms with Crippen molar-refractivity contribution in [3.05, 3.63) is 45.3 Å². The number of ketones is 1. The highest BCUT2D eigenvalue weighted by Crippen LogP contribution is 2.33. The van der Waals surface area contributed by atoms with E-state index in [1.165, 1.54) is 25.6 Å². The fourth-order valence-electron chi connectivity index (χ4n) is 2.65. The van der Waals surface area contributed by atoms with Gasteiger partial charge in [0.1, 0.15) is 10.8 Å². The van der Waals surface area contributed by atoms with Crippen LogP contribution in [0.25, 0.3) is 0 Å². The number of carbonyl (C=O) groups is 3. The van der Waals surface area contributed by atoms with Crippen LogP contribution in [0.15, 0.2) is 18.2 Å². The van der Waals surface area contributed by atoms with E-state index in [4.69, 9.17) is 9.47 Å². The Balaban J connectivity index is 2.07. The highest BCUT2D eigenvalue weighted by Gasteiger charge is 2.22. The molecule has 144 valence electrons. The second-order valence-electron chi connectivity index (χ2n) is 6.15. The summed E-state index contributed by atoms with van der Waals surface area (Å²) in [4.78, 5) is 37.7. The molecule has 1 aromatic carbocycles. The fourth-order valence-corrected chi connectivity index (χ4v) is 3.72. The number of thiophene rings is 1. The standard InChI is InChI=1S/C20H23NO5S/c1-11-6-8-16(25-4)14(10-11)15(22)7-9-17(23)21-19-18(20(24)26-5)12(2)13(3)27-19/h6,8,10H,7,9H2,1-5H3,(H,21,23). The summed E-state index contributed by atoms with van der Waals surface area (Å²) < 4.78 is 10.0. The van der Waals surface area contributed by atoms with Gasteiger partial charge in [-0.05, 0) is 38.5 Å². The van der Waals surface area contributed by atoms with Gasteiger partial charge in [-0.15, -0.1) is 11.3 Å². The van der Waals surface area contributed by atoms with Gasteiger partial charge in [-0.1, -0.05) is 11.6 Å². The molecule has 0 aliphatic carbocycles. The molecule has 7 heteroatoms. The molecule has 6 nitrogen and oxygen atoms in total. The van der Waals surface area contributed by atoms with Gasteiger partial charge in [0.2, 0.25) is 5.91 Å². The number of nitrogens with one attached hydrogen (secondary N) is 1. The predicted octanol–water partition coefficient (Wildman–Crippen LogP) is 4.07. The lowest BCUT2D eigenvalue weighted by molar-refractivity contribution is -0.116. The minimum atomic E-state index is -0.493. The molecule has 0 aliphatic heterocycles. The predicted molar refractivity (Wildman–Crippen MR) is 105 cm³/mol. The maximum Gasteiger partial charge on any atom is 0.341 e. The van der Waals surface area contributed by atoms with E-state index in [-0.39, 0.29) is 24.5 Å². The number of anilines is 1. The number of hydrogen-bond acceptors (Lipinski definition) is 6. The van der Waals surface area contributed by atoms with Crippen LogP contribution < -0.4 is 10.1 Å². The number of amides is 1. The number of esters is 1. The molecule has 0 unspecified atom stereocenters. The van der Waals surface area contributed by atoms with Gasteiger partial charge in [0.05, 0.1) is 25.3 Å². The minimum absolute atomic E-state index is 0.00649. The maximum absolute atomic E-state index is 12.5. The van der Waals surface area contributed by atoms with Crippen LogP contribution >= 0.6 is 11.3 Å². The van der Waals surface area contributed by atoms with Crippen molar-refractivity contribution in [3.63, 3.8) is 0 Å². The average molecular weight is 389 g/mol. The van der Waals surface area contributed by atoms with Gasteiger partial charge in [-0.2, -0.15) is 0 Å². The average Bonchev–Trinajstić information content (AvgIpc) is 2.92. The van der Waals surface area contributed by atoms with Crippen LogP contribution in [-0.2, 0) is 9.53 Å². The lowest BCUT2D eigenvalue weighted by Crippen LogP contribution is -2.15. The van der Waals surface area contributed by atoms with E-state index < -0.39 is 5.97 Å². The topological polar surface area (TPSA) is 81.7 Å². The summed E-state index contributed by atoms with van der Waals surface area (Å²) in [6, 6.07) is 5.35. The third kappa shape index (κ3) is 4.74. The molecule has 0 bridgehead atoms. The molecule has 1 amide bonds. The van der Waals surface area contributed by atoms with Crippen LogP contribution in [0.4, 0.5) is 5.00 Å². The number of ether oxygens (including phenoxy) is 2.